The molecule has 11 heteroatoms. The summed E-state index contributed by atoms with van der Waals surface area (Å²) in [4.78, 5) is 16.5. The molecule has 2 bridgehead atoms. The van der Waals surface area contributed by atoms with E-state index in [1.807, 2.05) is 56.7 Å². The molecule has 1 aromatic carbocycles. The van der Waals surface area contributed by atoms with Gasteiger partial charge in [-0.1, -0.05) is 32.0 Å². The van der Waals surface area contributed by atoms with Crippen LogP contribution in [-0.2, 0) is 15.9 Å². The van der Waals surface area contributed by atoms with E-state index in [-0.39, 0.29) is 17.6 Å². The fourth-order valence-corrected chi connectivity index (χ4v) is 7.21. The molecule has 3 aromatic heterocycles. The van der Waals surface area contributed by atoms with Crippen LogP contribution in [0.15, 0.2) is 55.0 Å². The van der Waals surface area contributed by atoms with Crippen molar-refractivity contribution in [3.05, 3.63) is 71.9 Å². The van der Waals surface area contributed by atoms with Crippen LogP contribution in [0.5, 0.6) is 5.75 Å². The maximum Gasteiger partial charge on any atom is 0.387 e. The number of piperidine rings is 1. The third-order valence-corrected chi connectivity index (χ3v) is 8.97. The number of halogens is 2. The highest BCUT2D eigenvalue weighted by molar-refractivity contribution is 5.65. The molecule has 1 aliphatic heterocycles. The van der Waals surface area contributed by atoms with Crippen molar-refractivity contribution in [2.24, 2.45) is 17.8 Å². The van der Waals surface area contributed by atoms with Crippen molar-refractivity contribution in [2.75, 3.05) is 39.3 Å². The summed E-state index contributed by atoms with van der Waals surface area (Å²) in [6.07, 6.45) is 8.74. The van der Waals surface area contributed by atoms with Gasteiger partial charge in [-0.25, -0.2) is 15.0 Å². The average Bonchev–Trinajstić information content (AvgIpc) is 3.71. The monoisotopic (exact) mass is 623 g/mol. The lowest BCUT2D eigenvalue weighted by molar-refractivity contribution is -0.134. The predicted molar refractivity (Wildman–Crippen MR) is 169 cm³/mol. The first-order chi connectivity index (χ1) is 21.9. The predicted octanol–water partition coefficient (Wildman–Crippen LogP) is 6.19. The Hall–Kier alpha value is -3.67. The number of para-hydroxylation sites is 1. The second-order valence-electron chi connectivity index (χ2n) is 11.5. The highest BCUT2D eigenvalue weighted by atomic mass is 19.3. The topological polar surface area (TPSA) is 94.2 Å². The fraction of sp³-hybridized carbons (Fsp3) is 0.500. The van der Waals surface area contributed by atoms with Crippen LogP contribution in [0, 0.1) is 17.8 Å². The Morgan fingerprint density at radius 1 is 0.911 bits per heavy atom. The van der Waals surface area contributed by atoms with E-state index < -0.39 is 12.9 Å². The van der Waals surface area contributed by atoms with Crippen LogP contribution < -0.4 is 9.64 Å². The number of aryl methyl sites for hydroxylation is 1. The van der Waals surface area contributed by atoms with Gasteiger partial charge in [-0.15, -0.1) is 0 Å². The molecule has 2 aliphatic carbocycles. The van der Waals surface area contributed by atoms with E-state index in [4.69, 9.17) is 24.4 Å². The highest BCUT2D eigenvalue weighted by Crippen LogP contribution is 2.45. The van der Waals surface area contributed by atoms with Crippen molar-refractivity contribution in [3.63, 3.8) is 0 Å². The number of aromatic nitrogens is 4. The van der Waals surface area contributed by atoms with Crippen molar-refractivity contribution < 1.29 is 28.1 Å². The fourth-order valence-electron chi connectivity index (χ4n) is 7.21. The Morgan fingerprint density at radius 3 is 2.22 bits per heavy atom. The quantitative estimate of drug-likeness (QED) is 0.244. The molecule has 4 heterocycles. The Balaban J connectivity index is 0.000000757. The molecule has 1 saturated carbocycles. The van der Waals surface area contributed by atoms with Crippen molar-refractivity contribution in [1.82, 2.24) is 19.4 Å². The molecule has 0 radical (unpaired) electrons. The van der Waals surface area contributed by atoms with Crippen LogP contribution in [0.2, 0.25) is 0 Å². The van der Waals surface area contributed by atoms with Crippen LogP contribution >= 0.6 is 0 Å². The number of fused-ring (bicyclic) bond motifs is 5. The van der Waals surface area contributed by atoms with Crippen LogP contribution in [-0.4, -0.2) is 71.8 Å². The molecule has 9 nitrogen and oxygen atoms in total. The molecular weight excluding hydrogens is 580 g/mol. The maximum atomic E-state index is 13.1. The number of aliphatic hydroxyl groups is 1. The number of pyridine rings is 1. The summed E-state index contributed by atoms with van der Waals surface area (Å²) in [5, 5.41) is 10.3. The highest BCUT2D eigenvalue weighted by Gasteiger charge is 2.46. The minimum absolute atomic E-state index is 0.0938. The SMILES string of the molecule is CC.COC.COC(O)C1[C@@H]2CC[C@H]1CN(c1ncc(-c3ccc4nc5c(n4c3)[C@@H](c3ccccc3OC(F)F)CC5)cn1)C2. The second-order valence-corrected chi connectivity index (χ2v) is 11.5. The van der Waals surface area contributed by atoms with Crippen LogP contribution in [0.25, 0.3) is 16.8 Å². The van der Waals surface area contributed by atoms with E-state index in [9.17, 15) is 13.9 Å². The first kappa shape index (κ1) is 32.7. The van der Waals surface area contributed by atoms with Crippen molar-refractivity contribution in [1.29, 1.82) is 0 Å². The molecule has 1 saturated heterocycles. The largest absolute Gasteiger partial charge is 0.435 e. The van der Waals surface area contributed by atoms with Crippen molar-refractivity contribution >= 4 is 11.6 Å². The first-order valence-corrected chi connectivity index (χ1v) is 15.6. The summed E-state index contributed by atoms with van der Waals surface area (Å²) in [6.45, 7) is 2.75. The Morgan fingerprint density at radius 2 is 1.58 bits per heavy atom. The van der Waals surface area contributed by atoms with Gasteiger partial charge in [-0.3, -0.25) is 0 Å². The van der Waals surface area contributed by atoms with Gasteiger partial charge in [0, 0.05) is 81.5 Å². The zero-order valence-corrected chi connectivity index (χ0v) is 26.6. The molecule has 4 aromatic rings. The number of ether oxygens (including phenoxy) is 3. The lowest BCUT2D eigenvalue weighted by Gasteiger charge is -2.39. The lowest BCUT2D eigenvalue weighted by Crippen LogP contribution is -2.47. The second kappa shape index (κ2) is 14.6. The number of hydrogen-bond donors (Lipinski definition) is 1. The van der Waals surface area contributed by atoms with Gasteiger partial charge in [0.25, 0.3) is 0 Å². The summed E-state index contributed by atoms with van der Waals surface area (Å²) in [5.74, 6) is 1.72. The minimum atomic E-state index is -2.88. The number of benzene rings is 1. The Bertz CT molecular complexity index is 1540. The summed E-state index contributed by atoms with van der Waals surface area (Å²) in [5.41, 5.74) is 5.39. The van der Waals surface area contributed by atoms with Crippen molar-refractivity contribution in [2.45, 2.75) is 58.4 Å². The number of nitrogens with zero attached hydrogens (tertiary/aromatic N) is 5. The molecule has 3 aliphatic rings. The third kappa shape index (κ3) is 6.66. The average molecular weight is 624 g/mol. The first-order valence-electron chi connectivity index (χ1n) is 15.6. The van der Waals surface area contributed by atoms with E-state index in [1.54, 1.807) is 33.5 Å². The molecule has 2 unspecified atom stereocenters. The maximum absolute atomic E-state index is 13.1. The minimum Gasteiger partial charge on any atom is -0.435 e. The van der Waals surface area contributed by atoms with Crippen molar-refractivity contribution in [3.8, 4) is 16.9 Å². The molecule has 2 fully saturated rings. The summed E-state index contributed by atoms with van der Waals surface area (Å²) >= 11 is 0. The molecular formula is C34H43F2N5O4. The van der Waals surface area contributed by atoms with Gasteiger partial charge in [0.15, 0.2) is 6.29 Å². The Kier molecular flexibility index (Phi) is 10.6. The van der Waals surface area contributed by atoms with Crippen LogP contribution in [0.3, 0.4) is 0 Å². The number of rotatable bonds is 7. The van der Waals surface area contributed by atoms with Gasteiger partial charge in [-0.2, -0.15) is 8.78 Å². The molecule has 45 heavy (non-hydrogen) atoms. The van der Waals surface area contributed by atoms with Crippen LogP contribution in [0.4, 0.5) is 14.7 Å². The van der Waals surface area contributed by atoms with Gasteiger partial charge in [0.05, 0.1) is 11.4 Å². The number of anilines is 1. The number of aliphatic hydroxyl groups excluding tert-OH is 1. The molecule has 0 amide bonds. The zero-order valence-electron chi connectivity index (χ0n) is 26.6. The van der Waals surface area contributed by atoms with E-state index in [0.717, 1.165) is 72.5 Å². The molecule has 242 valence electrons. The zero-order chi connectivity index (χ0) is 32.1. The normalized spacial score (nSPS) is 22.4. The summed E-state index contributed by atoms with van der Waals surface area (Å²) in [7, 11) is 4.81. The molecule has 0 spiro atoms. The van der Waals surface area contributed by atoms with Gasteiger partial charge in [0.1, 0.15) is 11.4 Å². The van der Waals surface area contributed by atoms with Gasteiger partial charge in [-0.05, 0) is 55.7 Å². The third-order valence-electron chi connectivity index (χ3n) is 8.97. The van der Waals surface area contributed by atoms with Gasteiger partial charge in [0.2, 0.25) is 5.95 Å². The lowest BCUT2D eigenvalue weighted by atomic mass is 9.84. The number of methoxy groups -OCH3 is 2. The van der Waals surface area contributed by atoms with E-state index in [1.165, 1.54) is 0 Å². The number of alkyl halides is 2. The number of hydrogen-bond acceptors (Lipinski definition) is 8. The van der Waals surface area contributed by atoms with E-state index in [2.05, 4.69) is 14.0 Å². The van der Waals surface area contributed by atoms with Crippen LogP contribution in [0.1, 0.15) is 56.0 Å². The van der Waals surface area contributed by atoms with E-state index in [0.29, 0.717) is 17.8 Å². The standard InChI is InChI=1S/C30H31F2N5O3.C2H6O.C2H6/c1-39-28(38)26-18-6-7-19(26)15-36(14-18)30-33-12-20(13-34-30)17-8-11-25-35-23-10-9-22(27(23)37(25)16-17)21-4-2-3-5-24(21)40-29(31)32;1-3-2;1-2/h2-5,8,11-13,16,18-19,22,26,28-29,38H,6-7,9-10,14-15H2,1H3;1-2H3;1-2H3/t18-,19+,22-,26?,28?;;/m1../s1. The number of imidazole rings is 1. The molecule has 5 atom stereocenters. The van der Waals surface area contributed by atoms with Gasteiger partial charge >= 0.3 is 6.61 Å². The van der Waals surface area contributed by atoms with E-state index >= 15 is 0 Å². The summed E-state index contributed by atoms with van der Waals surface area (Å²) < 4.78 is 42.6. The molecule has 7 rings (SSSR count). The smallest absolute Gasteiger partial charge is 0.387 e. The molecule has 1 N–H and O–H groups in total. The van der Waals surface area contributed by atoms with Gasteiger partial charge < -0.3 is 28.6 Å². The summed E-state index contributed by atoms with van der Waals surface area (Å²) in [6, 6.07) is 11.0. The Labute approximate surface area is 263 Å².